The molecule has 0 unspecified atom stereocenters. The molecule has 2 aromatic rings. The van der Waals surface area contributed by atoms with Gasteiger partial charge in [0.2, 0.25) is 6.29 Å². The lowest BCUT2D eigenvalue weighted by molar-refractivity contribution is -0.277. The van der Waals surface area contributed by atoms with E-state index >= 15 is 0 Å². The van der Waals surface area contributed by atoms with Crippen LogP contribution in [0, 0.1) is 12.3 Å². The smallest absolute Gasteiger partial charge is 0.229 e. The van der Waals surface area contributed by atoms with E-state index < -0.39 is 37.3 Å². The number of ether oxygens (including phenoxy) is 3. The summed E-state index contributed by atoms with van der Waals surface area (Å²) in [5, 5.41) is 39.6. The average molecular weight is 349 g/mol. The predicted octanol–water partition coefficient (Wildman–Crippen LogP) is -0.641. The van der Waals surface area contributed by atoms with E-state index in [4.69, 9.17) is 20.6 Å². The lowest BCUT2D eigenvalue weighted by Gasteiger charge is -2.39. The molecule has 1 aromatic heterocycles. The number of fused-ring (bicyclic) bond motifs is 1. The molecule has 0 saturated carbocycles. The van der Waals surface area contributed by atoms with Crippen LogP contribution in [0.25, 0.3) is 10.9 Å². The highest BCUT2D eigenvalue weighted by Gasteiger charge is 2.44. The molecule has 2 heterocycles. The minimum absolute atomic E-state index is 0.124. The van der Waals surface area contributed by atoms with Gasteiger partial charge in [-0.2, -0.15) is 0 Å². The highest BCUT2D eigenvalue weighted by Crippen LogP contribution is 2.32. The fraction of sp³-hybridized carbons (Fsp3) is 0.412. The number of H-pyrrole nitrogens is 1. The fourth-order valence-electron chi connectivity index (χ4n) is 2.68. The number of hydrogen-bond donors (Lipinski definition) is 5. The Hall–Kier alpha value is -2.28. The van der Waals surface area contributed by atoms with Crippen molar-refractivity contribution in [2.45, 2.75) is 30.7 Å². The van der Waals surface area contributed by atoms with E-state index in [1.54, 1.807) is 24.4 Å². The summed E-state index contributed by atoms with van der Waals surface area (Å²) >= 11 is 0. The number of hydrogen-bond acceptors (Lipinski definition) is 7. The van der Waals surface area contributed by atoms with Crippen molar-refractivity contribution in [3.05, 3.63) is 24.4 Å². The van der Waals surface area contributed by atoms with Gasteiger partial charge >= 0.3 is 0 Å². The maximum Gasteiger partial charge on any atom is 0.229 e. The van der Waals surface area contributed by atoms with Crippen LogP contribution in [0.3, 0.4) is 0 Å². The number of aromatic nitrogens is 1. The second-order valence-electron chi connectivity index (χ2n) is 5.67. The van der Waals surface area contributed by atoms with Crippen molar-refractivity contribution in [2.75, 3.05) is 13.2 Å². The Labute approximate surface area is 143 Å². The molecule has 0 amide bonds. The molecule has 1 aromatic carbocycles. The fourth-order valence-corrected chi connectivity index (χ4v) is 2.68. The first-order valence-corrected chi connectivity index (χ1v) is 7.69. The Bertz CT molecular complexity index is 766. The zero-order chi connectivity index (χ0) is 18.0. The third-order valence-electron chi connectivity index (χ3n) is 4.03. The summed E-state index contributed by atoms with van der Waals surface area (Å²) in [6.45, 7) is -0.401. The Balaban J connectivity index is 1.83. The molecule has 5 atom stereocenters. The second-order valence-corrected chi connectivity index (χ2v) is 5.67. The number of rotatable bonds is 5. The normalized spacial score (nSPS) is 29.3. The molecule has 5 N–H and O–H groups in total. The number of nitrogens with one attached hydrogen (secondary N) is 1. The van der Waals surface area contributed by atoms with Gasteiger partial charge in [-0.25, -0.2) is 0 Å². The van der Waals surface area contributed by atoms with Gasteiger partial charge in [0.15, 0.2) is 0 Å². The van der Waals surface area contributed by atoms with Gasteiger partial charge in [-0.05, 0) is 18.2 Å². The van der Waals surface area contributed by atoms with Gasteiger partial charge in [0.1, 0.15) is 42.5 Å². The van der Waals surface area contributed by atoms with Crippen LogP contribution in [0.4, 0.5) is 0 Å². The molecule has 8 nitrogen and oxygen atoms in total. The van der Waals surface area contributed by atoms with Crippen molar-refractivity contribution < 1.29 is 34.6 Å². The molecule has 134 valence electrons. The summed E-state index contributed by atoms with van der Waals surface area (Å²) in [6, 6.07) is 5.23. The number of terminal acetylenes is 1. The number of aliphatic hydroxyl groups excluding tert-OH is 4. The van der Waals surface area contributed by atoms with Crippen LogP contribution in [0.1, 0.15) is 0 Å². The summed E-state index contributed by atoms with van der Waals surface area (Å²) in [5.41, 5.74) is 0.757. The van der Waals surface area contributed by atoms with Crippen molar-refractivity contribution in [3.8, 4) is 23.8 Å². The molecule has 3 rings (SSSR count). The van der Waals surface area contributed by atoms with Crippen molar-refractivity contribution in [3.63, 3.8) is 0 Å². The van der Waals surface area contributed by atoms with E-state index in [9.17, 15) is 20.4 Å². The van der Waals surface area contributed by atoms with Gasteiger partial charge in [0, 0.05) is 17.1 Å². The highest BCUT2D eigenvalue weighted by atomic mass is 16.7. The molecule has 0 bridgehead atoms. The first kappa shape index (κ1) is 17.5. The summed E-state index contributed by atoms with van der Waals surface area (Å²) in [6.07, 6.45) is 0.0167. The third kappa shape index (κ3) is 3.42. The van der Waals surface area contributed by atoms with Crippen LogP contribution in [-0.4, -0.2) is 69.3 Å². The Kier molecular flexibility index (Phi) is 5.13. The molecule has 0 radical (unpaired) electrons. The zero-order valence-electron chi connectivity index (χ0n) is 13.2. The summed E-state index contributed by atoms with van der Waals surface area (Å²) in [4.78, 5) is 3.00. The molecule has 0 aliphatic carbocycles. The van der Waals surface area contributed by atoms with Crippen LogP contribution >= 0.6 is 0 Å². The molecular formula is C17H19NO7. The van der Waals surface area contributed by atoms with Crippen molar-refractivity contribution in [1.29, 1.82) is 0 Å². The standard InChI is InChI=1S/C17H19NO7/c1-2-5-23-9-3-4-11-10(6-9)12(7-18-11)24-17-16(22)15(21)14(20)13(8-19)25-17/h1,3-4,6-7,13-22H,5,8H2/t13-,14-,15+,16-,17-/m1/s1. The second kappa shape index (κ2) is 7.31. The molecule has 1 aliphatic heterocycles. The number of aliphatic hydroxyl groups is 4. The molecular weight excluding hydrogens is 330 g/mol. The number of benzene rings is 1. The molecule has 25 heavy (non-hydrogen) atoms. The topological polar surface area (TPSA) is 124 Å². The third-order valence-corrected chi connectivity index (χ3v) is 4.03. The first-order valence-electron chi connectivity index (χ1n) is 7.69. The van der Waals surface area contributed by atoms with E-state index in [-0.39, 0.29) is 6.61 Å². The predicted molar refractivity (Wildman–Crippen MR) is 87.0 cm³/mol. The summed E-state index contributed by atoms with van der Waals surface area (Å²) < 4.78 is 16.4. The van der Waals surface area contributed by atoms with Crippen molar-refractivity contribution in [1.82, 2.24) is 4.98 Å². The van der Waals surface area contributed by atoms with E-state index in [0.29, 0.717) is 16.9 Å². The molecule has 0 spiro atoms. The van der Waals surface area contributed by atoms with Gasteiger partial charge < -0.3 is 39.6 Å². The Morgan fingerprint density at radius 2 is 2.00 bits per heavy atom. The Morgan fingerprint density at radius 1 is 1.20 bits per heavy atom. The molecule has 1 saturated heterocycles. The zero-order valence-corrected chi connectivity index (χ0v) is 13.2. The molecule has 1 fully saturated rings. The lowest BCUT2D eigenvalue weighted by Crippen LogP contribution is -2.60. The summed E-state index contributed by atoms with van der Waals surface area (Å²) in [5.74, 6) is 3.27. The van der Waals surface area contributed by atoms with Crippen LogP contribution in [0.15, 0.2) is 24.4 Å². The summed E-state index contributed by atoms with van der Waals surface area (Å²) in [7, 11) is 0. The Morgan fingerprint density at radius 3 is 2.72 bits per heavy atom. The van der Waals surface area contributed by atoms with E-state index in [1.807, 2.05) is 0 Å². The largest absolute Gasteiger partial charge is 0.481 e. The van der Waals surface area contributed by atoms with Crippen LogP contribution in [0.5, 0.6) is 11.5 Å². The monoisotopic (exact) mass is 349 g/mol. The number of aromatic amines is 1. The minimum Gasteiger partial charge on any atom is -0.481 e. The van der Waals surface area contributed by atoms with Gasteiger partial charge in [-0.1, -0.05) is 5.92 Å². The van der Waals surface area contributed by atoms with Gasteiger partial charge in [-0.15, -0.1) is 6.42 Å². The van der Waals surface area contributed by atoms with E-state index in [1.165, 1.54) is 0 Å². The minimum atomic E-state index is -1.50. The lowest BCUT2D eigenvalue weighted by atomic mass is 9.99. The molecule has 1 aliphatic rings. The SMILES string of the molecule is C#CCOc1ccc2[nH]cc(O[C@@H]3O[C@H](CO)[C@@H](O)[C@H](O)[C@H]3O)c2c1. The van der Waals surface area contributed by atoms with Crippen LogP contribution in [0.2, 0.25) is 0 Å². The van der Waals surface area contributed by atoms with Gasteiger partial charge in [-0.3, -0.25) is 0 Å². The maximum atomic E-state index is 10.1. The van der Waals surface area contributed by atoms with Gasteiger partial charge in [0.25, 0.3) is 0 Å². The van der Waals surface area contributed by atoms with E-state index in [0.717, 1.165) is 5.52 Å². The maximum absolute atomic E-state index is 10.1. The van der Waals surface area contributed by atoms with Gasteiger partial charge in [0.05, 0.1) is 6.61 Å². The average Bonchev–Trinajstić information content (AvgIpc) is 3.02. The quantitative estimate of drug-likeness (QED) is 0.455. The highest BCUT2D eigenvalue weighted by molar-refractivity contribution is 5.87. The van der Waals surface area contributed by atoms with Crippen molar-refractivity contribution >= 4 is 10.9 Å². The van der Waals surface area contributed by atoms with Crippen molar-refractivity contribution in [2.24, 2.45) is 0 Å². The van der Waals surface area contributed by atoms with Crippen LogP contribution in [-0.2, 0) is 4.74 Å². The molecule has 8 heteroatoms. The first-order chi connectivity index (χ1) is 12.0. The van der Waals surface area contributed by atoms with E-state index in [2.05, 4.69) is 10.9 Å². The van der Waals surface area contributed by atoms with Crippen LogP contribution < -0.4 is 9.47 Å².